The van der Waals surface area contributed by atoms with Crippen molar-refractivity contribution in [3.63, 3.8) is 0 Å². The van der Waals surface area contributed by atoms with E-state index in [2.05, 4.69) is 10.2 Å². The molecule has 1 aliphatic heterocycles. The molecule has 0 spiro atoms. The minimum atomic E-state index is 0.141. The van der Waals surface area contributed by atoms with Crippen LogP contribution in [-0.2, 0) is 11.4 Å². The van der Waals surface area contributed by atoms with Gasteiger partial charge in [0, 0.05) is 13.1 Å². The van der Waals surface area contributed by atoms with Gasteiger partial charge in [-0.1, -0.05) is 36.7 Å². The van der Waals surface area contributed by atoms with Crippen molar-refractivity contribution in [3.05, 3.63) is 35.7 Å². The van der Waals surface area contributed by atoms with Gasteiger partial charge in [0.2, 0.25) is 5.91 Å². The molecular formula is C18H23N3O3S. The highest BCUT2D eigenvalue weighted by Crippen LogP contribution is 2.19. The summed E-state index contributed by atoms with van der Waals surface area (Å²) in [6.07, 6.45) is 4.62. The largest absolute Gasteiger partial charge is 0.484 e. The summed E-state index contributed by atoms with van der Waals surface area (Å²) in [7, 11) is 0. The number of amides is 1. The topological polar surface area (TPSA) is 68.5 Å². The van der Waals surface area contributed by atoms with Crippen LogP contribution in [0.1, 0.15) is 37.1 Å². The summed E-state index contributed by atoms with van der Waals surface area (Å²) in [5.74, 6) is 1.65. The molecule has 0 radical (unpaired) electrons. The van der Waals surface area contributed by atoms with E-state index in [1.165, 1.54) is 24.6 Å². The van der Waals surface area contributed by atoms with Crippen molar-refractivity contribution in [2.75, 3.05) is 18.8 Å². The first kappa shape index (κ1) is 17.8. The molecule has 0 aliphatic carbocycles. The van der Waals surface area contributed by atoms with Crippen molar-refractivity contribution in [2.45, 2.75) is 44.4 Å². The van der Waals surface area contributed by atoms with E-state index in [0.29, 0.717) is 16.9 Å². The number of nitrogens with zero attached hydrogens (tertiary/aromatic N) is 3. The average Bonchev–Trinajstić information content (AvgIpc) is 2.89. The molecule has 0 unspecified atom stereocenters. The van der Waals surface area contributed by atoms with Gasteiger partial charge in [0.15, 0.2) is 6.61 Å². The van der Waals surface area contributed by atoms with Gasteiger partial charge < -0.3 is 14.1 Å². The van der Waals surface area contributed by atoms with Gasteiger partial charge in [-0.15, -0.1) is 10.2 Å². The highest BCUT2D eigenvalue weighted by atomic mass is 32.2. The van der Waals surface area contributed by atoms with Crippen LogP contribution in [0.3, 0.4) is 0 Å². The molecule has 2 heterocycles. The van der Waals surface area contributed by atoms with E-state index >= 15 is 0 Å². The molecule has 134 valence electrons. The SMILES string of the molecule is Cc1cccc(OCc2nnc(SCC(=O)N3CCCCCC3)o2)c1. The number of ether oxygens (including phenoxy) is 1. The van der Waals surface area contributed by atoms with Gasteiger partial charge in [-0.25, -0.2) is 0 Å². The van der Waals surface area contributed by atoms with E-state index < -0.39 is 0 Å². The maximum absolute atomic E-state index is 12.3. The molecule has 0 bridgehead atoms. The predicted molar refractivity (Wildman–Crippen MR) is 95.6 cm³/mol. The molecule has 1 aromatic heterocycles. The molecule has 1 aliphatic rings. The van der Waals surface area contributed by atoms with Gasteiger partial charge in [-0.2, -0.15) is 0 Å². The number of carbonyl (C=O) groups excluding carboxylic acids is 1. The number of hydrogen-bond acceptors (Lipinski definition) is 6. The summed E-state index contributed by atoms with van der Waals surface area (Å²) in [6.45, 7) is 3.95. The lowest BCUT2D eigenvalue weighted by atomic mass is 10.2. The number of likely N-dealkylation sites (tertiary alicyclic amines) is 1. The third-order valence-electron chi connectivity index (χ3n) is 4.08. The molecule has 1 saturated heterocycles. The molecule has 0 saturated carbocycles. The Morgan fingerprint density at radius 3 is 2.80 bits per heavy atom. The fourth-order valence-electron chi connectivity index (χ4n) is 2.74. The molecule has 2 aromatic rings. The summed E-state index contributed by atoms with van der Waals surface area (Å²) in [5, 5.41) is 8.36. The van der Waals surface area contributed by atoms with Crippen molar-refractivity contribution in [3.8, 4) is 5.75 Å². The third-order valence-corrected chi connectivity index (χ3v) is 4.88. The first-order valence-corrected chi connectivity index (χ1v) is 9.62. The summed E-state index contributed by atoms with van der Waals surface area (Å²) >= 11 is 1.29. The van der Waals surface area contributed by atoms with Crippen molar-refractivity contribution in [2.24, 2.45) is 0 Å². The van der Waals surface area contributed by atoms with Crippen LogP contribution in [0.5, 0.6) is 5.75 Å². The molecule has 0 N–H and O–H groups in total. The Morgan fingerprint density at radius 1 is 1.24 bits per heavy atom. The number of hydrogen-bond donors (Lipinski definition) is 0. The molecule has 7 heteroatoms. The monoisotopic (exact) mass is 361 g/mol. The highest BCUT2D eigenvalue weighted by molar-refractivity contribution is 7.99. The highest BCUT2D eigenvalue weighted by Gasteiger charge is 2.17. The van der Waals surface area contributed by atoms with Crippen LogP contribution in [0.2, 0.25) is 0 Å². The summed E-state index contributed by atoms with van der Waals surface area (Å²) < 4.78 is 11.2. The number of thioether (sulfide) groups is 1. The fourth-order valence-corrected chi connectivity index (χ4v) is 3.42. The van der Waals surface area contributed by atoms with Gasteiger partial charge in [0.1, 0.15) is 5.75 Å². The fraction of sp³-hybridized carbons (Fsp3) is 0.500. The number of carbonyl (C=O) groups is 1. The quantitative estimate of drug-likeness (QED) is 0.734. The van der Waals surface area contributed by atoms with Gasteiger partial charge in [0.25, 0.3) is 11.1 Å². The van der Waals surface area contributed by atoms with Crippen LogP contribution in [0, 0.1) is 6.92 Å². The van der Waals surface area contributed by atoms with E-state index in [0.717, 1.165) is 37.2 Å². The van der Waals surface area contributed by atoms with Gasteiger partial charge in [0.05, 0.1) is 5.75 Å². The van der Waals surface area contributed by atoms with E-state index in [1.807, 2.05) is 36.1 Å². The average molecular weight is 361 g/mol. The maximum Gasteiger partial charge on any atom is 0.277 e. The van der Waals surface area contributed by atoms with Crippen LogP contribution < -0.4 is 4.74 Å². The minimum absolute atomic E-state index is 0.141. The first-order chi connectivity index (χ1) is 12.2. The summed E-state index contributed by atoms with van der Waals surface area (Å²) in [5.41, 5.74) is 1.13. The van der Waals surface area contributed by atoms with E-state index in [9.17, 15) is 4.79 Å². The number of rotatable bonds is 6. The summed E-state index contributed by atoms with van der Waals surface area (Å²) in [6, 6.07) is 7.79. The molecule has 1 fully saturated rings. The van der Waals surface area contributed by atoms with Crippen LogP contribution in [-0.4, -0.2) is 39.8 Å². The van der Waals surface area contributed by atoms with E-state index in [4.69, 9.17) is 9.15 Å². The Morgan fingerprint density at radius 2 is 2.04 bits per heavy atom. The van der Waals surface area contributed by atoms with E-state index in [1.54, 1.807) is 0 Å². The number of aromatic nitrogens is 2. The van der Waals surface area contributed by atoms with Crippen LogP contribution in [0.4, 0.5) is 0 Å². The second kappa shape index (κ2) is 8.89. The first-order valence-electron chi connectivity index (χ1n) is 8.63. The molecule has 1 aromatic carbocycles. The Labute approximate surface area is 151 Å². The van der Waals surface area contributed by atoms with E-state index in [-0.39, 0.29) is 12.5 Å². The van der Waals surface area contributed by atoms with Crippen LogP contribution >= 0.6 is 11.8 Å². The predicted octanol–water partition coefficient (Wildman–Crippen LogP) is 3.45. The third kappa shape index (κ3) is 5.49. The second-order valence-electron chi connectivity index (χ2n) is 6.15. The maximum atomic E-state index is 12.3. The smallest absolute Gasteiger partial charge is 0.277 e. The number of aryl methyl sites for hydroxylation is 1. The van der Waals surface area contributed by atoms with Crippen molar-refractivity contribution in [1.82, 2.24) is 15.1 Å². The molecule has 6 nitrogen and oxygen atoms in total. The molecular weight excluding hydrogens is 338 g/mol. The normalized spacial score (nSPS) is 15.0. The summed E-state index contributed by atoms with van der Waals surface area (Å²) in [4.78, 5) is 14.2. The Hall–Kier alpha value is -2.02. The van der Waals surface area contributed by atoms with Gasteiger partial charge in [-0.3, -0.25) is 4.79 Å². The number of benzene rings is 1. The zero-order chi connectivity index (χ0) is 17.5. The van der Waals surface area contributed by atoms with Crippen LogP contribution in [0.25, 0.3) is 0 Å². The molecule has 25 heavy (non-hydrogen) atoms. The molecule has 3 rings (SSSR count). The standard InChI is InChI=1S/C18H23N3O3S/c1-14-7-6-8-15(11-14)23-12-16-19-20-18(24-16)25-13-17(22)21-9-4-2-3-5-10-21/h6-8,11H,2-5,9-10,12-13H2,1H3. The van der Waals surface area contributed by atoms with Crippen molar-refractivity contribution >= 4 is 17.7 Å². The lowest BCUT2D eigenvalue weighted by Gasteiger charge is -2.19. The lowest BCUT2D eigenvalue weighted by molar-refractivity contribution is -0.128. The Kier molecular flexibility index (Phi) is 6.33. The minimum Gasteiger partial charge on any atom is -0.484 e. The van der Waals surface area contributed by atoms with Gasteiger partial charge >= 0.3 is 0 Å². The molecule has 1 amide bonds. The van der Waals surface area contributed by atoms with Crippen LogP contribution in [0.15, 0.2) is 33.9 Å². The molecule has 0 atom stereocenters. The Bertz CT molecular complexity index is 696. The second-order valence-corrected chi connectivity index (χ2v) is 7.08. The van der Waals surface area contributed by atoms with Crippen molar-refractivity contribution in [1.29, 1.82) is 0 Å². The zero-order valence-corrected chi connectivity index (χ0v) is 15.3. The lowest BCUT2D eigenvalue weighted by Crippen LogP contribution is -2.33. The van der Waals surface area contributed by atoms with Crippen molar-refractivity contribution < 1.29 is 13.9 Å². The van der Waals surface area contributed by atoms with Gasteiger partial charge in [-0.05, 0) is 37.5 Å². The Balaban J connectivity index is 1.45. The zero-order valence-electron chi connectivity index (χ0n) is 14.4.